The number of aromatic nitrogens is 2. The van der Waals surface area contributed by atoms with Crippen LogP contribution in [-0.4, -0.2) is 79.6 Å². The maximum absolute atomic E-state index is 12.9. The lowest BCUT2D eigenvalue weighted by Crippen LogP contribution is -2.73. The highest BCUT2D eigenvalue weighted by atomic mass is 32.2. The summed E-state index contributed by atoms with van der Waals surface area (Å²) in [6.45, 7) is -1.36. The number of ether oxygens (including phenoxy) is 1. The Morgan fingerprint density at radius 3 is 2.61 bits per heavy atom. The number of nitrogens with two attached hydrogens (primary N) is 2. The highest BCUT2D eigenvalue weighted by Crippen LogP contribution is 2.24. The number of hydrogen-bond donors (Lipinski definition) is 6. The molecule has 0 saturated carbocycles. The third kappa shape index (κ3) is 5.61. The summed E-state index contributed by atoms with van der Waals surface area (Å²) in [5.41, 5.74) is 8.74. The number of amides is 3. The minimum atomic E-state index is -5.06. The molecule has 0 radical (unpaired) electrons. The Morgan fingerprint density at radius 2 is 2.03 bits per heavy atom. The fraction of sp³-hybridized carbons (Fsp3) is 0.250. The Hall–Kier alpha value is -4.43. The average molecular weight is 547 g/mol. The Balaban J connectivity index is 1.83. The molecule has 2 aromatic rings. The minimum absolute atomic E-state index is 0.0135. The molecule has 3 heterocycles. The molecule has 1 aliphatic heterocycles. The van der Waals surface area contributed by atoms with Crippen LogP contribution < -0.4 is 22.2 Å². The van der Waals surface area contributed by atoms with Crippen LogP contribution in [0.15, 0.2) is 27.6 Å². The zero-order chi connectivity index (χ0) is 26.8. The Bertz CT molecular complexity index is 1400. The molecule has 8 N–H and O–H groups in total. The minimum Gasteiger partial charge on any atom is -0.503 e. The molecule has 0 aromatic carbocycles. The molecule has 2 aromatic heterocycles. The first-order chi connectivity index (χ1) is 16.8. The van der Waals surface area contributed by atoms with Crippen LogP contribution in [0.4, 0.5) is 9.93 Å². The molecular formula is C16H17N7O11S2. The molecule has 2 atom stereocenters. The Kier molecular flexibility index (Phi) is 7.31. The van der Waals surface area contributed by atoms with Gasteiger partial charge < -0.3 is 36.7 Å². The van der Waals surface area contributed by atoms with E-state index >= 15 is 0 Å². The highest BCUT2D eigenvalue weighted by Gasteiger charge is 2.54. The van der Waals surface area contributed by atoms with Crippen LogP contribution in [0.1, 0.15) is 11.4 Å². The van der Waals surface area contributed by atoms with Crippen molar-refractivity contribution in [2.45, 2.75) is 18.7 Å². The number of hydrogen-bond acceptors (Lipinski definition) is 14. The molecule has 1 saturated heterocycles. The van der Waals surface area contributed by atoms with Gasteiger partial charge in [-0.15, -0.1) is 11.3 Å². The van der Waals surface area contributed by atoms with Crippen molar-refractivity contribution in [3.05, 3.63) is 39.3 Å². The third-order valence-electron chi connectivity index (χ3n) is 4.54. The zero-order valence-corrected chi connectivity index (χ0v) is 19.3. The van der Waals surface area contributed by atoms with Crippen LogP contribution in [0.25, 0.3) is 0 Å². The van der Waals surface area contributed by atoms with Gasteiger partial charge in [0.25, 0.3) is 11.8 Å². The summed E-state index contributed by atoms with van der Waals surface area (Å²) in [6, 6.07) is -2.29. The van der Waals surface area contributed by atoms with E-state index in [1.807, 2.05) is 0 Å². The number of rotatable bonds is 9. The molecule has 1 fully saturated rings. The first-order valence-corrected chi connectivity index (χ1v) is 11.7. The number of nitrogens with zero attached hydrogens (tertiary/aromatic N) is 4. The lowest BCUT2D eigenvalue weighted by atomic mass is 9.99. The molecule has 18 nitrogen and oxygen atoms in total. The van der Waals surface area contributed by atoms with Gasteiger partial charge in [0.2, 0.25) is 5.43 Å². The highest BCUT2D eigenvalue weighted by molar-refractivity contribution is 7.84. The number of nitrogens with one attached hydrogen (secondary N) is 1. The fourth-order valence-corrected chi connectivity index (χ4v) is 4.34. The molecule has 3 rings (SSSR count). The van der Waals surface area contributed by atoms with Crippen LogP contribution >= 0.6 is 11.3 Å². The van der Waals surface area contributed by atoms with Gasteiger partial charge >= 0.3 is 16.4 Å². The molecule has 1 aliphatic rings. The predicted molar refractivity (Wildman–Crippen MR) is 117 cm³/mol. The maximum Gasteiger partial charge on any atom is 0.404 e. The van der Waals surface area contributed by atoms with Gasteiger partial charge in [-0.1, -0.05) is 5.16 Å². The summed E-state index contributed by atoms with van der Waals surface area (Å²) in [5, 5.41) is 26.1. The SMILES string of the molecule is NC(=O)OCC1C(NC(=O)/C(=N\OCc2cc(=O)c(O)cn2O)c2csc(N)n2)C(=O)N1S(=O)(=O)O. The number of anilines is 1. The Labute approximate surface area is 204 Å². The fourth-order valence-electron chi connectivity index (χ4n) is 2.93. The van der Waals surface area contributed by atoms with E-state index < -0.39 is 70.4 Å². The number of nitrogen functional groups attached to an aromatic ring is 1. The second kappa shape index (κ2) is 10.1. The number of oxime groups is 1. The molecule has 20 heteroatoms. The van der Waals surface area contributed by atoms with Crippen LogP contribution in [-0.2, 0) is 36.1 Å². The van der Waals surface area contributed by atoms with Crippen molar-refractivity contribution >= 4 is 50.4 Å². The van der Waals surface area contributed by atoms with Gasteiger partial charge in [0.15, 0.2) is 23.2 Å². The van der Waals surface area contributed by atoms with Gasteiger partial charge in [-0.2, -0.15) is 13.1 Å². The topological polar surface area (TPSA) is 279 Å². The molecule has 194 valence electrons. The number of primary amides is 1. The average Bonchev–Trinajstić information content (AvgIpc) is 3.20. The van der Waals surface area contributed by atoms with Crippen LogP contribution in [0, 0.1) is 0 Å². The van der Waals surface area contributed by atoms with Gasteiger partial charge in [0.1, 0.15) is 30.1 Å². The number of aromatic hydroxyl groups is 1. The quantitative estimate of drug-likeness (QED) is 0.0615. The summed E-state index contributed by atoms with van der Waals surface area (Å²) in [5.74, 6) is -3.11. The summed E-state index contributed by atoms with van der Waals surface area (Å²) in [6.07, 6.45) is -0.600. The van der Waals surface area contributed by atoms with Crippen molar-refractivity contribution in [1.82, 2.24) is 19.3 Å². The number of thiazole rings is 1. The van der Waals surface area contributed by atoms with Crippen molar-refractivity contribution in [1.29, 1.82) is 0 Å². The van der Waals surface area contributed by atoms with Crippen LogP contribution in [0.3, 0.4) is 0 Å². The normalized spacial score (nSPS) is 17.9. The van der Waals surface area contributed by atoms with Crippen molar-refractivity contribution in [3.8, 4) is 5.75 Å². The molecule has 2 unspecified atom stereocenters. The molecule has 0 spiro atoms. The monoisotopic (exact) mass is 547 g/mol. The maximum atomic E-state index is 12.9. The largest absolute Gasteiger partial charge is 0.503 e. The smallest absolute Gasteiger partial charge is 0.404 e. The lowest BCUT2D eigenvalue weighted by molar-refractivity contribution is -0.146. The van der Waals surface area contributed by atoms with Crippen molar-refractivity contribution < 1.29 is 47.2 Å². The second-order valence-electron chi connectivity index (χ2n) is 6.90. The van der Waals surface area contributed by atoms with Gasteiger partial charge in [-0.3, -0.25) is 18.9 Å². The van der Waals surface area contributed by atoms with Crippen molar-refractivity contribution in [2.24, 2.45) is 10.9 Å². The van der Waals surface area contributed by atoms with Crippen LogP contribution in [0.5, 0.6) is 5.75 Å². The second-order valence-corrected chi connectivity index (χ2v) is 9.08. The summed E-state index contributed by atoms with van der Waals surface area (Å²) in [4.78, 5) is 56.5. The number of β-lactam (4-membered cyclic amide) rings is 1. The van der Waals surface area contributed by atoms with E-state index in [-0.39, 0.29) is 20.8 Å². The molecule has 3 amide bonds. The zero-order valence-electron chi connectivity index (χ0n) is 17.7. The third-order valence-corrected chi connectivity index (χ3v) is 6.16. The first kappa shape index (κ1) is 26.2. The first-order valence-electron chi connectivity index (χ1n) is 9.38. The van der Waals surface area contributed by atoms with E-state index in [0.717, 1.165) is 17.4 Å². The van der Waals surface area contributed by atoms with E-state index in [1.54, 1.807) is 0 Å². The molecular weight excluding hydrogens is 530 g/mol. The van der Waals surface area contributed by atoms with Gasteiger partial charge in [-0.05, 0) is 0 Å². The number of carbonyl (C=O) groups is 3. The number of pyridine rings is 1. The summed E-state index contributed by atoms with van der Waals surface area (Å²) >= 11 is 0.919. The van der Waals surface area contributed by atoms with Gasteiger partial charge in [0, 0.05) is 11.4 Å². The lowest BCUT2D eigenvalue weighted by Gasteiger charge is -2.43. The predicted octanol–water partition coefficient (Wildman–Crippen LogP) is -2.66. The van der Waals surface area contributed by atoms with Crippen molar-refractivity contribution in [3.63, 3.8) is 0 Å². The van der Waals surface area contributed by atoms with E-state index in [1.165, 1.54) is 5.38 Å². The summed E-state index contributed by atoms with van der Waals surface area (Å²) in [7, 11) is -5.06. The van der Waals surface area contributed by atoms with Crippen molar-refractivity contribution in [2.75, 3.05) is 12.3 Å². The van der Waals surface area contributed by atoms with Gasteiger partial charge in [0.05, 0.1) is 6.20 Å². The molecule has 0 bridgehead atoms. The van der Waals surface area contributed by atoms with E-state index in [4.69, 9.17) is 16.3 Å². The van der Waals surface area contributed by atoms with E-state index in [9.17, 15) is 42.5 Å². The van der Waals surface area contributed by atoms with Gasteiger partial charge in [-0.25, -0.2) is 14.1 Å². The van der Waals surface area contributed by atoms with Crippen LogP contribution in [0.2, 0.25) is 0 Å². The van der Waals surface area contributed by atoms with E-state index in [0.29, 0.717) is 10.9 Å². The molecule has 36 heavy (non-hydrogen) atoms. The van der Waals surface area contributed by atoms with E-state index in [2.05, 4.69) is 20.2 Å². The molecule has 0 aliphatic carbocycles. The number of carbonyl (C=O) groups excluding carboxylic acids is 3. The summed E-state index contributed by atoms with van der Waals surface area (Å²) < 4.78 is 37.0. The standard InChI is InChI=1S/C16H17N7O11S2/c17-15-19-7(5-35-15)11(21-34-3-6-1-9(24)10(25)2-22(6)29)13(26)20-12-8(4-33-16(18)28)23(14(12)27)36(30,31)32/h1-2,5,8,12,25,29H,3-4H2,(H2,17,19)(H2,18,28)(H,20,26)(H,30,31,32)/b21-11-. The Morgan fingerprint density at radius 1 is 1.33 bits per heavy atom.